The number of aromatic amines is 1. The second-order valence-electron chi connectivity index (χ2n) is 6.19. The zero-order chi connectivity index (χ0) is 16.6. The van der Waals surface area contributed by atoms with Gasteiger partial charge in [0.15, 0.2) is 0 Å². The minimum atomic E-state index is -0.270. The summed E-state index contributed by atoms with van der Waals surface area (Å²) in [5.74, 6) is -0.485. The maximum absolute atomic E-state index is 12.8. The van der Waals surface area contributed by atoms with E-state index in [0.29, 0.717) is 24.4 Å². The first-order chi connectivity index (χ1) is 11.0. The van der Waals surface area contributed by atoms with Gasteiger partial charge in [0, 0.05) is 18.4 Å². The van der Waals surface area contributed by atoms with E-state index < -0.39 is 0 Å². The molecule has 0 bridgehead atoms. The summed E-state index contributed by atoms with van der Waals surface area (Å²) in [5.41, 5.74) is 3.17. The second-order valence-corrected chi connectivity index (χ2v) is 6.19. The van der Waals surface area contributed by atoms with Crippen molar-refractivity contribution in [1.82, 2.24) is 9.55 Å². The summed E-state index contributed by atoms with van der Waals surface area (Å²) in [4.78, 5) is 28.1. The monoisotopic (exact) mass is 314 g/mol. The molecule has 2 aromatic rings. The van der Waals surface area contributed by atoms with Gasteiger partial charge in [-0.1, -0.05) is 6.92 Å². The Morgan fingerprint density at radius 3 is 2.83 bits per heavy atom. The van der Waals surface area contributed by atoms with Crippen LogP contribution in [0.25, 0.3) is 0 Å². The number of H-pyrrole nitrogens is 1. The number of carbonyl (C=O) groups is 2. The molecule has 1 N–H and O–H groups in total. The molecule has 0 spiro atoms. The lowest BCUT2D eigenvalue weighted by atomic mass is 10.0. The van der Waals surface area contributed by atoms with E-state index in [0.717, 1.165) is 17.7 Å². The smallest absolute Gasteiger partial charge is 0.315 e. The van der Waals surface area contributed by atoms with Gasteiger partial charge in [-0.25, -0.2) is 0 Å². The van der Waals surface area contributed by atoms with E-state index >= 15 is 0 Å². The molecule has 1 aliphatic heterocycles. The first-order valence-electron chi connectivity index (χ1n) is 8.13. The van der Waals surface area contributed by atoms with Gasteiger partial charge in [0.2, 0.25) is 5.78 Å². The molecule has 3 heterocycles. The van der Waals surface area contributed by atoms with Gasteiger partial charge in [0.25, 0.3) is 0 Å². The van der Waals surface area contributed by atoms with Crippen LogP contribution in [0.4, 0.5) is 0 Å². The topological polar surface area (TPSA) is 64.1 Å². The van der Waals surface area contributed by atoms with Crippen LogP contribution in [0.5, 0.6) is 0 Å². The Morgan fingerprint density at radius 1 is 1.43 bits per heavy atom. The van der Waals surface area contributed by atoms with Crippen molar-refractivity contribution in [3.63, 3.8) is 0 Å². The summed E-state index contributed by atoms with van der Waals surface area (Å²) in [5, 5.41) is 0. The standard InChI is InChI=1S/C18H22N2O3/c1-4-12-10-15-13(18(22)23-11(2)3)7-9-20(15)16(12)17(21)14-6-5-8-19-14/h5-6,8,10-11,13,19H,4,7,9H2,1-3H3. The van der Waals surface area contributed by atoms with Crippen LogP contribution >= 0.6 is 0 Å². The number of carbonyl (C=O) groups excluding carboxylic acids is 2. The molecule has 0 radical (unpaired) electrons. The molecule has 23 heavy (non-hydrogen) atoms. The van der Waals surface area contributed by atoms with Crippen molar-refractivity contribution < 1.29 is 14.3 Å². The van der Waals surface area contributed by atoms with E-state index in [-0.39, 0.29) is 23.8 Å². The predicted octanol–water partition coefficient (Wildman–Crippen LogP) is 3.05. The Hall–Kier alpha value is -2.30. The number of esters is 1. The molecule has 3 rings (SSSR count). The van der Waals surface area contributed by atoms with Crippen molar-refractivity contribution in [1.29, 1.82) is 0 Å². The highest BCUT2D eigenvalue weighted by Crippen LogP contribution is 2.35. The number of aromatic nitrogens is 2. The lowest BCUT2D eigenvalue weighted by molar-refractivity contribution is -0.149. The molecule has 1 atom stereocenters. The minimum absolute atomic E-state index is 0.0176. The van der Waals surface area contributed by atoms with E-state index in [2.05, 4.69) is 4.98 Å². The van der Waals surface area contributed by atoms with Crippen molar-refractivity contribution in [2.45, 2.75) is 52.2 Å². The van der Waals surface area contributed by atoms with E-state index in [1.54, 1.807) is 12.3 Å². The first-order valence-corrected chi connectivity index (χ1v) is 8.13. The molecule has 0 saturated heterocycles. The van der Waals surface area contributed by atoms with Crippen molar-refractivity contribution >= 4 is 11.8 Å². The van der Waals surface area contributed by atoms with E-state index in [4.69, 9.17) is 4.74 Å². The zero-order valence-electron chi connectivity index (χ0n) is 13.8. The van der Waals surface area contributed by atoms with Crippen LogP contribution in [0.15, 0.2) is 24.4 Å². The summed E-state index contributed by atoms with van der Waals surface area (Å²) in [6.45, 7) is 6.40. The third-order valence-corrected chi connectivity index (χ3v) is 4.28. The quantitative estimate of drug-likeness (QED) is 0.681. The number of hydrogen-bond donors (Lipinski definition) is 1. The number of nitrogens with one attached hydrogen (secondary N) is 1. The van der Waals surface area contributed by atoms with Gasteiger partial charge >= 0.3 is 5.97 Å². The third kappa shape index (κ3) is 2.71. The van der Waals surface area contributed by atoms with Crippen LogP contribution in [0.1, 0.15) is 60.5 Å². The molecule has 0 fully saturated rings. The number of nitrogens with zero attached hydrogens (tertiary/aromatic N) is 1. The number of aryl methyl sites for hydroxylation is 1. The summed E-state index contributed by atoms with van der Waals surface area (Å²) in [7, 11) is 0. The first kappa shape index (κ1) is 15.6. The molecule has 0 aliphatic carbocycles. The molecule has 0 aromatic carbocycles. The van der Waals surface area contributed by atoms with Gasteiger partial charge < -0.3 is 14.3 Å². The highest BCUT2D eigenvalue weighted by atomic mass is 16.5. The van der Waals surface area contributed by atoms with Gasteiger partial charge in [-0.3, -0.25) is 9.59 Å². The molecular formula is C18H22N2O3. The Morgan fingerprint density at radius 2 is 2.22 bits per heavy atom. The lowest BCUT2D eigenvalue weighted by Crippen LogP contribution is -2.18. The van der Waals surface area contributed by atoms with E-state index in [9.17, 15) is 9.59 Å². The average Bonchev–Trinajstić information content (AvgIpc) is 3.21. The largest absolute Gasteiger partial charge is 0.462 e. The Bertz CT molecular complexity index is 726. The summed E-state index contributed by atoms with van der Waals surface area (Å²) >= 11 is 0. The summed E-state index contributed by atoms with van der Waals surface area (Å²) in [6.07, 6.45) is 3.07. The average molecular weight is 314 g/mol. The van der Waals surface area contributed by atoms with Gasteiger partial charge in [-0.2, -0.15) is 0 Å². The fraction of sp³-hybridized carbons (Fsp3) is 0.444. The van der Waals surface area contributed by atoms with Crippen LogP contribution in [-0.2, 0) is 22.5 Å². The molecular weight excluding hydrogens is 292 g/mol. The minimum Gasteiger partial charge on any atom is -0.462 e. The van der Waals surface area contributed by atoms with Crippen molar-refractivity contribution in [2.75, 3.05) is 0 Å². The third-order valence-electron chi connectivity index (χ3n) is 4.28. The maximum atomic E-state index is 12.8. The number of fused-ring (bicyclic) bond motifs is 1. The van der Waals surface area contributed by atoms with Crippen LogP contribution in [0.3, 0.4) is 0 Å². The second kappa shape index (κ2) is 6.07. The molecule has 1 aliphatic rings. The van der Waals surface area contributed by atoms with Crippen LogP contribution in [0, 0.1) is 0 Å². The zero-order valence-corrected chi connectivity index (χ0v) is 13.8. The molecule has 122 valence electrons. The van der Waals surface area contributed by atoms with Crippen LogP contribution in [0.2, 0.25) is 0 Å². The fourth-order valence-corrected chi connectivity index (χ4v) is 3.25. The normalized spacial score (nSPS) is 16.6. The van der Waals surface area contributed by atoms with Gasteiger partial charge in [0.05, 0.1) is 23.4 Å². The van der Waals surface area contributed by atoms with Gasteiger partial charge in [0.1, 0.15) is 0 Å². The molecule has 5 heteroatoms. The molecule has 2 aromatic heterocycles. The molecule has 5 nitrogen and oxygen atoms in total. The maximum Gasteiger partial charge on any atom is 0.315 e. The number of ketones is 1. The fourth-order valence-electron chi connectivity index (χ4n) is 3.25. The van der Waals surface area contributed by atoms with Crippen molar-refractivity contribution in [3.8, 4) is 0 Å². The van der Waals surface area contributed by atoms with E-state index in [1.807, 2.05) is 37.5 Å². The Labute approximate surface area is 135 Å². The van der Waals surface area contributed by atoms with Crippen LogP contribution in [-0.4, -0.2) is 27.4 Å². The SMILES string of the molecule is CCc1cc2n(c1C(=O)c1ccc[nH]1)CCC2C(=O)OC(C)C. The highest BCUT2D eigenvalue weighted by Gasteiger charge is 2.35. The van der Waals surface area contributed by atoms with E-state index in [1.165, 1.54) is 0 Å². The Kier molecular flexibility index (Phi) is 4.11. The predicted molar refractivity (Wildman–Crippen MR) is 86.6 cm³/mol. The van der Waals surface area contributed by atoms with Crippen molar-refractivity contribution in [3.05, 3.63) is 47.0 Å². The lowest BCUT2D eigenvalue weighted by Gasteiger charge is -2.12. The number of ether oxygens (including phenoxy) is 1. The van der Waals surface area contributed by atoms with Gasteiger partial charge in [-0.15, -0.1) is 0 Å². The number of rotatable bonds is 5. The number of hydrogen-bond acceptors (Lipinski definition) is 3. The summed E-state index contributed by atoms with van der Waals surface area (Å²) in [6, 6.07) is 5.59. The Balaban J connectivity index is 1.98. The molecule has 0 amide bonds. The summed E-state index contributed by atoms with van der Waals surface area (Å²) < 4.78 is 7.36. The van der Waals surface area contributed by atoms with Gasteiger partial charge in [-0.05, 0) is 50.5 Å². The van der Waals surface area contributed by atoms with Crippen LogP contribution < -0.4 is 0 Å². The highest BCUT2D eigenvalue weighted by molar-refractivity contribution is 6.08. The van der Waals surface area contributed by atoms with Crippen molar-refractivity contribution in [2.24, 2.45) is 0 Å². The molecule has 0 saturated carbocycles. The molecule has 1 unspecified atom stereocenters.